The molecule has 0 saturated heterocycles. The first-order valence-corrected chi connectivity index (χ1v) is 7.27. The van der Waals surface area contributed by atoms with Gasteiger partial charge in [0.1, 0.15) is 0 Å². The minimum absolute atomic E-state index is 0.00855. The molecule has 0 unspecified atom stereocenters. The summed E-state index contributed by atoms with van der Waals surface area (Å²) < 4.78 is 43.3. The van der Waals surface area contributed by atoms with E-state index in [1.807, 2.05) is 11.8 Å². The van der Waals surface area contributed by atoms with Gasteiger partial charge in [-0.2, -0.15) is 18.2 Å². The van der Waals surface area contributed by atoms with E-state index in [1.165, 1.54) is 12.1 Å². The standard InChI is InChI=1S/C15H18F3N3O2/c1-2-6-21(7-8-22)10-13-19-14(20-23-13)11-4-3-5-12(9-11)15(16,17)18/h3-5,9,22H,2,6-8,10H2,1H3. The van der Waals surface area contributed by atoms with Gasteiger partial charge in [0.25, 0.3) is 0 Å². The zero-order valence-corrected chi connectivity index (χ0v) is 12.7. The van der Waals surface area contributed by atoms with E-state index in [4.69, 9.17) is 9.63 Å². The Labute approximate surface area is 131 Å². The largest absolute Gasteiger partial charge is 0.416 e. The molecular formula is C15H18F3N3O2. The average molecular weight is 329 g/mol. The highest BCUT2D eigenvalue weighted by molar-refractivity contribution is 5.55. The van der Waals surface area contributed by atoms with Crippen LogP contribution in [0, 0.1) is 0 Å². The lowest BCUT2D eigenvalue weighted by Crippen LogP contribution is -2.27. The maximum atomic E-state index is 12.7. The number of benzene rings is 1. The zero-order valence-electron chi connectivity index (χ0n) is 12.7. The Morgan fingerprint density at radius 1 is 1.26 bits per heavy atom. The van der Waals surface area contributed by atoms with Crippen molar-refractivity contribution >= 4 is 0 Å². The third-order valence-corrected chi connectivity index (χ3v) is 3.23. The van der Waals surface area contributed by atoms with E-state index in [-0.39, 0.29) is 18.0 Å². The number of aliphatic hydroxyl groups excluding tert-OH is 1. The van der Waals surface area contributed by atoms with Crippen LogP contribution in [-0.4, -0.2) is 39.8 Å². The van der Waals surface area contributed by atoms with Crippen LogP contribution in [0.2, 0.25) is 0 Å². The molecule has 0 aliphatic rings. The first kappa shape index (κ1) is 17.4. The molecule has 0 aliphatic carbocycles. The minimum atomic E-state index is -4.42. The summed E-state index contributed by atoms with van der Waals surface area (Å²) in [6, 6.07) is 4.80. The van der Waals surface area contributed by atoms with Gasteiger partial charge in [0.15, 0.2) is 0 Å². The summed E-state index contributed by atoms with van der Waals surface area (Å²) in [6.07, 6.45) is -3.52. The lowest BCUT2D eigenvalue weighted by atomic mass is 10.1. The second-order valence-corrected chi connectivity index (χ2v) is 5.09. The smallest absolute Gasteiger partial charge is 0.395 e. The van der Waals surface area contributed by atoms with Crippen LogP contribution in [0.25, 0.3) is 11.4 Å². The number of aliphatic hydroxyl groups is 1. The maximum absolute atomic E-state index is 12.7. The highest BCUT2D eigenvalue weighted by Gasteiger charge is 2.30. The van der Waals surface area contributed by atoms with E-state index in [0.29, 0.717) is 19.0 Å². The van der Waals surface area contributed by atoms with Crippen molar-refractivity contribution < 1.29 is 22.8 Å². The van der Waals surface area contributed by atoms with Crippen molar-refractivity contribution in [2.45, 2.75) is 26.1 Å². The molecule has 0 fully saturated rings. The fourth-order valence-corrected chi connectivity index (χ4v) is 2.19. The van der Waals surface area contributed by atoms with Gasteiger partial charge in [0.05, 0.1) is 18.7 Å². The van der Waals surface area contributed by atoms with Gasteiger partial charge in [0.2, 0.25) is 11.7 Å². The molecule has 2 aromatic rings. The topological polar surface area (TPSA) is 62.4 Å². The fourth-order valence-electron chi connectivity index (χ4n) is 2.19. The molecule has 1 aromatic carbocycles. The van der Waals surface area contributed by atoms with Crippen molar-refractivity contribution in [2.24, 2.45) is 0 Å². The molecule has 0 radical (unpaired) electrons. The van der Waals surface area contributed by atoms with E-state index in [9.17, 15) is 13.2 Å². The summed E-state index contributed by atoms with van der Waals surface area (Å²) in [5.41, 5.74) is -0.506. The summed E-state index contributed by atoms with van der Waals surface area (Å²) in [5.74, 6) is 0.422. The molecule has 0 spiro atoms. The molecule has 1 N–H and O–H groups in total. The summed E-state index contributed by atoms with van der Waals surface area (Å²) in [5, 5.41) is 12.8. The van der Waals surface area contributed by atoms with Gasteiger partial charge in [0, 0.05) is 12.1 Å². The van der Waals surface area contributed by atoms with Crippen molar-refractivity contribution in [3.05, 3.63) is 35.7 Å². The highest BCUT2D eigenvalue weighted by atomic mass is 19.4. The number of halogens is 3. The molecular weight excluding hydrogens is 311 g/mol. The Bertz CT molecular complexity index is 622. The van der Waals surface area contributed by atoms with Crippen LogP contribution in [0.5, 0.6) is 0 Å². The Kier molecular flexibility index (Phi) is 5.73. The number of hydrogen-bond donors (Lipinski definition) is 1. The van der Waals surface area contributed by atoms with Crippen LogP contribution in [0.1, 0.15) is 24.8 Å². The monoisotopic (exact) mass is 329 g/mol. The molecule has 126 valence electrons. The van der Waals surface area contributed by atoms with Crippen LogP contribution in [0.3, 0.4) is 0 Å². The van der Waals surface area contributed by atoms with Gasteiger partial charge in [-0.1, -0.05) is 24.2 Å². The maximum Gasteiger partial charge on any atom is 0.416 e. The molecule has 8 heteroatoms. The molecule has 0 aliphatic heterocycles. The molecule has 23 heavy (non-hydrogen) atoms. The summed E-state index contributed by atoms with van der Waals surface area (Å²) >= 11 is 0. The Morgan fingerprint density at radius 2 is 2.04 bits per heavy atom. The fraction of sp³-hybridized carbons (Fsp3) is 0.467. The van der Waals surface area contributed by atoms with Crippen molar-refractivity contribution in [3.63, 3.8) is 0 Å². The first-order valence-electron chi connectivity index (χ1n) is 7.27. The normalized spacial score (nSPS) is 12.1. The van der Waals surface area contributed by atoms with Crippen LogP contribution >= 0.6 is 0 Å². The molecule has 0 atom stereocenters. The summed E-state index contributed by atoms with van der Waals surface area (Å²) in [6.45, 7) is 3.58. The van der Waals surface area contributed by atoms with Gasteiger partial charge in [-0.25, -0.2) is 0 Å². The van der Waals surface area contributed by atoms with E-state index >= 15 is 0 Å². The number of hydrogen-bond acceptors (Lipinski definition) is 5. The van der Waals surface area contributed by atoms with Crippen LogP contribution in [0.15, 0.2) is 28.8 Å². The predicted octanol–water partition coefficient (Wildman–Crippen LogP) is 2.96. The van der Waals surface area contributed by atoms with Crippen molar-refractivity contribution in [2.75, 3.05) is 19.7 Å². The van der Waals surface area contributed by atoms with Crippen molar-refractivity contribution in [1.29, 1.82) is 0 Å². The van der Waals surface area contributed by atoms with E-state index in [0.717, 1.165) is 25.1 Å². The van der Waals surface area contributed by atoms with E-state index in [2.05, 4.69) is 10.1 Å². The van der Waals surface area contributed by atoms with Gasteiger partial charge in [-0.05, 0) is 25.1 Å². The summed E-state index contributed by atoms with van der Waals surface area (Å²) in [4.78, 5) is 6.07. The van der Waals surface area contributed by atoms with E-state index < -0.39 is 11.7 Å². The quantitative estimate of drug-likeness (QED) is 0.846. The molecule has 1 aromatic heterocycles. The molecule has 1 heterocycles. The lowest BCUT2D eigenvalue weighted by molar-refractivity contribution is -0.137. The second-order valence-electron chi connectivity index (χ2n) is 5.09. The number of nitrogens with zero attached hydrogens (tertiary/aromatic N) is 3. The van der Waals surface area contributed by atoms with Crippen LogP contribution in [0.4, 0.5) is 13.2 Å². The predicted molar refractivity (Wildman–Crippen MR) is 77.4 cm³/mol. The molecule has 0 saturated carbocycles. The van der Waals surface area contributed by atoms with Crippen molar-refractivity contribution in [3.8, 4) is 11.4 Å². The molecule has 0 bridgehead atoms. The second kappa shape index (κ2) is 7.56. The summed E-state index contributed by atoms with van der Waals surface area (Å²) in [7, 11) is 0. The molecule has 0 amide bonds. The third-order valence-electron chi connectivity index (χ3n) is 3.23. The van der Waals surface area contributed by atoms with Crippen LogP contribution in [-0.2, 0) is 12.7 Å². The SMILES string of the molecule is CCCN(CCO)Cc1nc(-c2cccc(C(F)(F)F)c2)no1. The molecule has 5 nitrogen and oxygen atoms in total. The van der Waals surface area contributed by atoms with Crippen molar-refractivity contribution in [1.82, 2.24) is 15.0 Å². The molecule has 2 rings (SSSR count). The van der Waals surface area contributed by atoms with Gasteiger partial charge in [-0.15, -0.1) is 0 Å². The van der Waals surface area contributed by atoms with Gasteiger partial charge >= 0.3 is 6.18 Å². The number of rotatable bonds is 7. The zero-order chi connectivity index (χ0) is 16.9. The van der Waals surface area contributed by atoms with Crippen LogP contribution < -0.4 is 0 Å². The Balaban J connectivity index is 2.15. The first-order chi connectivity index (χ1) is 10.9. The lowest BCUT2D eigenvalue weighted by Gasteiger charge is -2.17. The minimum Gasteiger partial charge on any atom is -0.395 e. The van der Waals surface area contributed by atoms with Gasteiger partial charge < -0.3 is 9.63 Å². The third kappa shape index (κ3) is 4.77. The van der Waals surface area contributed by atoms with E-state index in [1.54, 1.807) is 0 Å². The number of aromatic nitrogens is 2. The average Bonchev–Trinajstić information content (AvgIpc) is 2.96. The number of alkyl halides is 3. The van der Waals surface area contributed by atoms with Gasteiger partial charge in [-0.3, -0.25) is 4.90 Å². The highest BCUT2D eigenvalue weighted by Crippen LogP contribution is 2.31. The Hall–Kier alpha value is -1.93. The Morgan fingerprint density at radius 3 is 2.70 bits per heavy atom.